The van der Waals surface area contributed by atoms with Crippen molar-refractivity contribution in [3.8, 4) is 16.9 Å². The second kappa shape index (κ2) is 7.85. The lowest BCUT2D eigenvalue weighted by Crippen LogP contribution is -2.39. The van der Waals surface area contributed by atoms with Crippen molar-refractivity contribution in [1.82, 2.24) is 5.32 Å². The van der Waals surface area contributed by atoms with E-state index in [-0.39, 0.29) is 0 Å². The molecule has 1 saturated carbocycles. The van der Waals surface area contributed by atoms with Gasteiger partial charge in [0.1, 0.15) is 12.4 Å². The van der Waals surface area contributed by atoms with Gasteiger partial charge in [-0.15, -0.1) is 0 Å². The maximum Gasteiger partial charge on any atom is 0.119 e. The Kier molecular flexibility index (Phi) is 5.57. The molecule has 2 aromatic rings. The minimum absolute atomic E-state index is 0.487. The monoisotopic (exact) mass is 323 g/mol. The Balaban J connectivity index is 1.47. The van der Waals surface area contributed by atoms with E-state index in [2.05, 4.69) is 61.6 Å². The second-order valence-electron chi connectivity index (χ2n) is 7.65. The van der Waals surface area contributed by atoms with Crippen LogP contribution in [-0.4, -0.2) is 19.2 Å². The van der Waals surface area contributed by atoms with Crippen LogP contribution in [0, 0.1) is 5.41 Å². The van der Waals surface area contributed by atoms with Crippen LogP contribution in [0.4, 0.5) is 0 Å². The van der Waals surface area contributed by atoms with Crippen LogP contribution in [0.25, 0.3) is 11.1 Å². The summed E-state index contributed by atoms with van der Waals surface area (Å²) in [5.74, 6) is 0.946. The molecule has 0 aromatic heterocycles. The van der Waals surface area contributed by atoms with Gasteiger partial charge in [0.2, 0.25) is 0 Å². The van der Waals surface area contributed by atoms with E-state index in [4.69, 9.17) is 4.74 Å². The SMILES string of the molecule is CC1(C)CCCC(NCCOc2cccc(-c3ccccc3)c2)C1. The Morgan fingerprint density at radius 2 is 1.83 bits per heavy atom. The summed E-state index contributed by atoms with van der Waals surface area (Å²) in [4.78, 5) is 0. The van der Waals surface area contributed by atoms with Gasteiger partial charge in [-0.1, -0.05) is 62.7 Å². The summed E-state index contributed by atoms with van der Waals surface area (Å²) in [5, 5.41) is 3.67. The van der Waals surface area contributed by atoms with E-state index in [9.17, 15) is 0 Å². The Bertz CT molecular complexity index is 635. The minimum Gasteiger partial charge on any atom is -0.492 e. The van der Waals surface area contributed by atoms with E-state index < -0.39 is 0 Å². The first-order chi connectivity index (χ1) is 11.6. The zero-order valence-electron chi connectivity index (χ0n) is 14.9. The lowest BCUT2D eigenvalue weighted by atomic mass is 9.75. The van der Waals surface area contributed by atoms with E-state index in [1.54, 1.807) is 0 Å². The highest BCUT2D eigenvalue weighted by Gasteiger charge is 2.27. The molecular formula is C22H29NO. The molecule has 0 radical (unpaired) electrons. The molecule has 1 fully saturated rings. The molecule has 1 atom stereocenters. The Morgan fingerprint density at radius 1 is 1.04 bits per heavy atom. The molecule has 0 saturated heterocycles. The van der Waals surface area contributed by atoms with Gasteiger partial charge in [0.15, 0.2) is 0 Å². The fourth-order valence-electron chi connectivity index (χ4n) is 3.70. The quantitative estimate of drug-likeness (QED) is 0.729. The largest absolute Gasteiger partial charge is 0.492 e. The maximum absolute atomic E-state index is 5.95. The van der Waals surface area contributed by atoms with E-state index in [1.807, 2.05) is 12.1 Å². The number of hydrogen-bond donors (Lipinski definition) is 1. The molecule has 1 aliphatic carbocycles. The average Bonchev–Trinajstić information content (AvgIpc) is 2.59. The molecule has 2 nitrogen and oxygen atoms in total. The highest BCUT2D eigenvalue weighted by Crippen LogP contribution is 2.35. The lowest BCUT2D eigenvalue weighted by molar-refractivity contribution is 0.192. The third kappa shape index (κ3) is 4.85. The van der Waals surface area contributed by atoms with Crippen LogP contribution < -0.4 is 10.1 Å². The van der Waals surface area contributed by atoms with Gasteiger partial charge in [-0.25, -0.2) is 0 Å². The predicted octanol–water partition coefficient (Wildman–Crippen LogP) is 5.29. The fraction of sp³-hybridized carbons (Fsp3) is 0.455. The number of nitrogens with one attached hydrogen (secondary N) is 1. The topological polar surface area (TPSA) is 21.3 Å². The molecule has 0 heterocycles. The van der Waals surface area contributed by atoms with Gasteiger partial charge < -0.3 is 10.1 Å². The smallest absolute Gasteiger partial charge is 0.119 e. The number of rotatable bonds is 6. The third-order valence-electron chi connectivity index (χ3n) is 4.95. The Morgan fingerprint density at radius 3 is 2.62 bits per heavy atom. The van der Waals surface area contributed by atoms with Crippen molar-refractivity contribution in [3.05, 3.63) is 54.6 Å². The van der Waals surface area contributed by atoms with Crippen molar-refractivity contribution in [3.63, 3.8) is 0 Å². The van der Waals surface area contributed by atoms with E-state index in [0.717, 1.165) is 18.9 Å². The van der Waals surface area contributed by atoms with Crippen LogP contribution >= 0.6 is 0 Å². The molecule has 0 amide bonds. The van der Waals surface area contributed by atoms with Gasteiger partial charge in [0.05, 0.1) is 0 Å². The summed E-state index contributed by atoms with van der Waals surface area (Å²) >= 11 is 0. The van der Waals surface area contributed by atoms with Gasteiger partial charge in [0.25, 0.3) is 0 Å². The summed E-state index contributed by atoms with van der Waals surface area (Å²) in [5.41, 5.74) is 2.92. The Labute approximate surface area is 146 Å². The molecule has 0 bridgehead atoms. The molecule has 2 heteroatoms. The van der Waals surface area contributed by atoms with Gasteiger partial charge in [-0.3, -0.25) is 0 Å². The van der Waals surface area contributed by atoms with Crippen LogP contribution in [0.1, 0.15) is 39.5 Å². The highest BCUT2D eigenvalue weighted by molar-refractivity contribution is 5.64. The maximum atomic E-state index is 5.95. The zero-order valence-corrected chi connectivity index (χ0v) is 14.9. The summed E-state index contributed by atoms with van der Waals surface area (Å²) in [6.07, 6.45) is 5.27. The summed E-state index contributed by atoms with van der Waals surface area (Å²) in [6.45, 7) is 6.39. The van der Waals surface area contributed by atoms with Gasteiger partial charge in [-0.2, -0.15) is 0 Å². The molecule has 1 aliphatic rings. The second-order valence-corrected chi connectivity index (χ2v) is 7.65. The predicted molar refractivity (Wildman–Crippen MR) is 101 cm³/mol. The number of benzene rings is 2. The summed E-state index contributed by atoms with van der Waals surface area (Å²) in [6, 6.07) is 19.4. The zero-order chi connectivity index (χ0) is 16.8. The van der Waals surface area contributed by atoms with Crippen molar-refractivity contribution in [2.24, 2.45) is 5.41 Å². The van der Waals surface area contributed by atoms with Crippen molar-refractivity contribution < 1.29 is 4.74 Å². The van der Waals surface area contributed by atoms with Crippen molar-refractivity contribution >= 4 is 0 Å². The van der Waals surface area contributed by atoms with Gasteiger partial charge in [-0.05, 0) is 47.9 Å². The van der Waals surface area contributed by atoms with Crippen LogP contribution in [0.15, 0.2) is 54.6 Å². The average molecular weight is 323 g/mol. The first kappa shape index (κ1) is 17.0. The fourth-order valence-corrected chi connectivity index (χ4v) is 3.70. The third-order valence-corrected chi connectivity index (χ3v) is 4.95. The first-order valence-corrected chi connectivity index (χ1v) is 9.14. The van der Waals surface area contributed by atoms with Crippen LogP contribution in [0.3, 0.4) is 0 Å². The molecule has 24 heavy (non-hydrogen) atoms. The van der Waals surface area contributed by atoms with E-state index >= 15 is 0 Å². The summed E-state index contributed by atoms with van der Waals surface area (Å²) < 4.78 is 5.95. The molecule has 2 aromatic carbocycles. The molecule has 0 aliphatic heterocycles. The first-order valence-electron chi connectivity index (χ1n) is 9.14. The normalized spacial score (nSPS) is 19.8. The van der Waals surface area contributed by atoms with Crippen LogP contribution in [0.5, 0.6) is 5.75 Å². The number of hydrogen-bond acceptors (Lipinski definition) is 2. The van der Waals surface area contributed by atoms with Gasteiger partial charge in [0, 0.05) is 12.6 Å². The van der Waals surface area contributed by atoms with E-state index in [0.29, 0.717) is 11.5 Å². The standard InChI is InChI=1S/C22H29NO/c1-22(2)13-7-11-20(17-22)23-14-15-24-21-12-6-10-19(16-21)18-8-4-3-5-9-18/h3-6,8-10,12,16,20,23H,7,11,13-15,17H2,1-2H3. The molecule has 3 rings (SSSR count). The van der Waals surface area contributed by atoms with Crippen LogP contribution in [0.2, 0.25) is 0 Å². The Hall–Kier alpha value is -1.80. The lowest BCUT2D eigenvalue weighted by Gasteiger charge is -2.35. The summed E-state index contributed by atoms with van der Waals surface area (Å²) in [7, 11) is 0. The molecular weight excluding hydrogens is 294 g/mol. The van der Waals surface area contributed by atoms with Crippen molar-refractivity contribution in [2.45, 2.75) is 45.6 Å². The van der Waals surface area contributed by atoms with E-state index in [1.165, 1.54) is 36.8 Å². The number of ether oxygens (including phenoxy) is 1. The minimum atomic E-state index is 0.487. The molecule has 1 unspecified atom stereocenters. The van der Waals surface area contributed by atoms with Gasteiger partial charge >= 0.3 is 0 Å². The van der Waals surface area contributed by atoms with Crippen molar-refractivity contribution in [2.75, 3.05) is 13.2 Å². The molecule has 1 N–H and O–H groups in total. The molecule has 0 spiro atoms. The molecule has 128 valence electrons. The highest BCUT2D eigenvalue weighted by atomic mass is 16.5. The van der Waals surface area contributed by atoms with Crippen LogP contribution in [-0.2, 0) is 0 Å². The van der Waals surface area contributed by atoms with Crippen molar-refractivity contribution in [1.29, 1.82) is 0 Å².